The van der Waals surface area contributed by atoms with Gasteiger partial charge >= 0.3 is 0 Å². The fraction of sp³-hybridized carbons (Fsp3) is 0.250. The number of nitrogens with one attached hydrogen (secondary N) is 1. The average molecular weight is 241 g/mol. The molecule has 0 aliphatic heterocycles. The first-order valence-corrected chi connectivity index (χ1v) is 6.23. The zero-order valence-electron chi connectivity index (χ0n) is 10.6. The van der Waals surface area contributed by atoms with Crippen LogP contribution in [-0.4, -0.2) is 17.7 Å². The van der Waals surface area contributed by atoms with E-state index in [-0.39, 0.29) is 6.04 Å². The van der Waals surface area contributed by atoms with Crippen LogP contribution in [0.25, 0.3) is 10.8 Å². The van der Waals surface area contributed by atoms with E-state index in [9.17, 15) is 5.11 Å². The SMILES string of the molecule is C=C[C@@H](C)NC[C@H](O)c1ccc2ccccc2c1. The molecule has 0 saturated carbocycles. The van der Waals surface area contributed by atoms with Gasteiger partial charge in [0.1, 0.15) is 0 Å². The minimum atomic E-state index is -0.489. The summed E-state index contributed by atoms with van der Waals surface area (Å²) in [6.45, 7) is 6.26. The molecule has 0 fully saturated rings. The Morgan fingerprint density at radius 3 is 2.67 bits per heavy atom. The minimum Gasteiger partial charge on any atom is -0.387 e. The molecule has 18 heavy (non-hydrogen) atoms. The molecule has 0 aliphatic carbocycles. The zero-order valence-corrected chi connectivity index (χ0v) is 10.6. The first-order chi connectivity index (χ1) is 8.70. The number of aliphatic hydroxyl groups excluding tert-OH is 1. The summed E-state index contributed by atoms with van der Waals surface area (Å²) in [7, 11) is 0. The Kier molecular flexibility index (Phi) is 4.13. The summed E-state index contributed by atoms with van der Waals surface area (Å²) in [4.78, 5) is 0. The molecule has 0 heterocycles. The smallest absolute Gasteiger partial charge is 0.0914 e. The van der Waals surface area contributed by atoms with Crippen molar-refractivity contribution in [3.05, 3.63) is 60.7 Å². The third-order valence-corrected chi connectivity index (χ3v) is 3.15. The van der Waals surface area contributed by atoms with E-state index in [1.165, 1.54) is 5.39 Å². The van der Waals surface area contributed by atoms with Gasteiger partial charge in [-0.1, -0.05) is 42.5 Å². The molecule has 2 rings (SSSR count). The van der Waals surface area contributed by atoms with Crippen molar-refractivity contribution in [2.75, 3.05) is 6.54 Å². The molecular weight excluding hydrogens is 222 g/mol. The maximum Gasteiger partial charge on any atom is 0.0914 e. The predicted octanol–water partition coefficient (Wildman–Crippen LogP) is 3.04. The number of rotatable bonds is 5. The van der Waals surface area contributed by atoms with Crippen molar-refractivity contribution in [2.45, 2.75) is 19.1 Å². The molecule has 2 aromatic rings. The highest BCUT2D eigenvalue weighted by atomic mass is 16.3. The van der Waals surface area contributed by atoms with Crippen molar-refractivity contribution < 1.29 is 5.11 Å². The second-order valence-corrected chi connectivity index (χ2v) is 4.56. The predicted molar refractivity (Wildman–Crippen MR) is 76.6 cm³/mol. The van der Waals surface area contributed by atoms with Crippen molar-refractivity contribution in [1.29, 1.82) is 0 Å². The Morgan fingerprint density at radius 1 is 1.22 bits per heavy atom. The molecule has 0 unspecified atom stereocenters. The van der Waals surface area contributed by atoms with Crippen LogP contribution in [-0.2, 0) is 0 Å². The molecule has 0 aliphatic rings. The maximum absolute atomic E-state index is 10.1. The molecule has 2 N–H and O–H groups in total. The summed E-state index contributed by atoms with van der Waals surface area (Å²) in [6.07, 6.45) is 1.34. The van der Waals surface area contributed by atoms with Gasteiger partial charge in [-0.25, -0.2) is 0 Å². The second-order valence-electron chi connectivity index (χ2n) is 4.56. The van der Waals surface area contributed by atoms with Crippen LogP contribution in [0.3, 0.4) is 0 Å². The van der Waals surface area contributed by atoms with Gasteiger partial charge in [0.05, 0.1) is 6.10 Å². The van der Waals surface area contributed by atoms with Crippen LogP contribution in [0, 0.1) is 0 Å². The lowest BCUT2D eigenvalue weighted by Gasteiger charge is -2.15. The van der Waals surface area contributed by atoms with E-state index in [2.05, 4.69) is 24.0 Å². The van der Waals surface area contributed by atoms with E-state index in [1.54, 1.807) is 0 Å². The van der Waals surface area contributed by atoms with Crippen molar-refractivity contribution in [3.63, 3.8) is 0 Å². The molecule has 2 heteroatoms. The van der Waals surface area contributed by atoms with Crippen molar-refractivity contribution in [3.8, 4) is 0 Å². The lowest BCUT2D eigenvalue weighted by Crippen LogP contribution is -2.28. The van der Waals surface area contributed by atoms with Crippen molar-refractivity contribution >= 4 is 10.8 Å². The summed E-state index contributed by atoms with van der Waals surface area (Å²) in [5, 5.41) is 15.7. The minimum absolute atomic E-state index is 0.208. The molecule has 2 nitrogen and oxygen atoms in total. The Labute approximate surface area is 108 Å². The van der Waals surface area contributed by atoms with Crippen molar-refractivity contribution in [2.24, 2.45) is 0 Å². The lowest BCUT2D eigenvalue weighted by atomic mass is 10.0. The van der Waals surface area contributed by atoms with Gasteiger partial charge in [-0.2, -0.15) is 0 Å². The van der Waals surface area contributed by atoms with E-state index in [1.807, 2.05) is 43.3 Å². The van der Waals surface area contributed by atoms with Crippen LogP contribution in [0.2, 0.25) is 0 Å². The third kappa shape index (κ3) is 2.97. The highest BCUT2D eigenvalue weighted by Gasteiger charge is 2.08. The second kappa shape index (κ2) is 5.80. The van der Waals surface area contributed by atoms with Gasteiger partial charge in [0.15, 0.2) is 0 Å². The molecule has 0 amide bonds. The fourth-order valence-electron chi connectivity index (χ4n) is 1.91. The third-order valence-electron chi connectivity index (χ3n) is 3.15. The Hall–Kier alpha value is -1.64. The molecule has 0 radical (unpaired) electrons. The van der Waals surface area contributed by atoms with E-state index >= 15 is 0 Å². The van der Waals surface area contributed by atoms with E-state index in [0.717, 1.165) is 10.9 Å². The van der Waals surface area contributed by atoms with Crippen LogP contribution in [0.5, 0.6) is 0 Å². The van der Waals surface area contributed by atoms with Gasteiger partial charge in [0.2, 0.25) is 0 Å². The van der Waals surface area contributed by atoms with Crippen LogP contribution in [0.4, 0.5) is 0 Å². The summed E-state index contributed by atoms with van der Waals surface area (Å²) in [6, 6.07) is 14.4. The first-order valence-electron chi connectivity index (χ1n) is 6.23. The number of benzene rings is 2. The normalized spacial score (nSPS) is 14.3. The quantitative estimate of drug-likeness (QED) is 0.789. The van der Waals surface area contributed by atoms with E-state index in [0.29, 0.717) is 6.54 Å². The number of fused-ring (bicyclic) bond motifs is 1. The highest BCUT2D eigenvalue weighted by Crippen LogP contribution is 2.20. The summed E-state index contributed by atoms with van der Waals surface area (Å²) in [5.74, 6) is 0. The summed E-state index contributed by atoms with van der Waals surface area (Å²) < 4.78 is 0. The number of aliphatic hydroxyl groups is 1. The van der Waals surface area contributed by atoms with E-state index < -0.39 is 6.10 Å². The average Bonchev–Trinajstić information content (AvgIpc) is 2.43. The lowest BCUT2D eigenvalue weighted by molar-refractivity contribution is 0.173. The van der Waals surface area contributed by atoms with Crippen LogP contribution >= 0.6 is 0 Å². The summed E-state index contributed by atoms with van der Waals surface area (Å²) in [5.41, 5.74) is 0.942. The van der Waals surface area contributed by atoms with Gasteiger partial charge in [-0.3, -0.25) is 0 Å². The number of hydrogen-bond acceptors (Lipinski definition) is 2. The molecule has 0 bridgehead atoms. The molecule has 94 valence electrons. The molecule has 2 atom stereocenters. The molecule has 0 aromatic heterocycles. The molecule has 0 spiro atoms. The monoisotopic (exact) mass is 241 g/mol. The van der Waals surface area contributed by atoms with Crippen LogP contribution < -0.4 is 5.32 Å². The topological polar surface area (TPSA) is 32.3 Å². The zero-order chi connectivity index (χ0) is 13.0. The highest BCUT2D eigenvalue weighted by molar-refractivity contribution is 5.83. The van der Waals surface area contributed by atoms with Crippen LogP contribution in [0.15, 0.2) is 55.1 Å². The summed E-state index contributed by atoms with van der Waals surface area (Å²) >= 11 is 0. The molecular formula is C16H19NO. The van der Waals surface area contributed by atoms with Gasteiger partial charge in [0.25, 0.3) is 0 Å². The van der Waals surface area contributed by atoms with E-state index in [4.69, 9.17) is 0 Å². The number of hydrogen-bond donors (Lipinski definition) is 2. The van der Waals surface area contributed by atoms with Gasteiger partial charge in [-0.05, 0) is 29.3 Å². The molecule has 0 saturated heterocycles. The van der Waals surface area contributed by atoms with Crippen molar-refractivity contribution in [1.82, 2.24) is 5.32 Å². The van der Waals surface area contributed by atoms with Gasteiger partial charge < -0.3 is 10.4 Å². The first kappa shape index (κ1) is 12.8. The Bertz CT molecular complexity index is 535. The Balaban J connectivity index is 2.12. The van der Waals surface area contributed by atoms with Gasteiger partial charge in [0, 0.05) is 12.6 Å². The van der Waals surface area contributed by atoms with Gasteiger partial charge in [-0.15, -0.1) is 6.58 Å². The largest absolute Gasteiger partial charge is 0.387 e. The standard InChI is InChI=1S/C16H19NO/c1-3-12(2)17-11-16(18)15-9-8-13-6-4-5-7-14(13)10-15/h3-10,12,16-18H,1,11H2,2H3/t12-,16+/m1/s1. The van der Waals surface area contributed by atoms with Crippen LogP contribution in [0.1, 0.15) is 18.6 Å². The maximum atomic E-state index is 10.1. The molecule has 2 aromatic carbocycles. The Morgan fingerprint density at radius 2 is 1.94 bits per heavy atom. The fourth-order valence-corrected chi connectivity index (χ4v) is 1.91.